The Kier molecular flexibility index (Phi) is 2.68. The maximum Gasteiger partial charge on any atom is 0.255 e. The SMILES string of the molecule is Cc1cc(C(=O)N2CCOC2)ccc1F. The van der Waals surface area contributed by atoms with E-state index in [-0.39, 0.29) is 11.7 Å². The summed E-state index contributed by atoms with van der Waals surface area (Å²) in [6.45, 7) is 3.16. The summed E-state index contributed by atoms with van der Waals surface area (Å²) in [5, 5.41) is 0. The number of amides is 1. The van der Waals surface area contributed by atoms with E-state index in [1.54, 1.807) is 17.9 Å². The Hall–Kier alpha value is -1.42. The van der Waals surface area contributed by atoms with Gasteiger partial charge in [-0.05, 0) is 30.7 Å². The highest BCUT2D eigenvalue weighted by molar-refractivity contribution is 5.94. The van der Waals surface area contributed by atoms with Crippen LogP contribution in [0.4, 0.5) is 4.39 Å². The lowest BCUT2D eigenvalue weighted by molar-refractivity contribution is 0.0695. The summed E-state index contributed by atoms with van der Waals surface area (Å²) in [6, 6.07) is 4.39. The summed E-state index contributed by atoms with van der Waals surface area (Å²) >= 11 is 0. The molecule has 0 atom stereocenters. The van der Waals surface area contributed by atoms with Crippen molar-refractivity contribution >= 4 is 5.91 Å². The van der Waals surface area contributed by atoms with Crippen molar-refractivity contribution in [1.82, 2.24) is 4.90 Å². The molecule has 4 heteroatoms. The number of halogens is 1. The Labute approximate surface area is 87.5 Å². The first-order valence-electron chi connectivity index (χ1n) is 4.81. The molecule has 3 nitrogen and oxygen atoms in total. The summed E-state index contributed by atoms with van der Waals surface area (Å²) in [5.74, 6) is -0.389. The molecular weight excluding hydrogens is 197 g/mol. The standard InChI is InChI=1S/C11H12FNO2/c1-8-6-9(2-3-10(8)12)11(14)13-4-5-15-7-13/h2-3,6H,4-5,7H2,1H3. The summed E-state index contributed by atoms with van der Waals surface area (Å²) in [5.41, 5.74) is 1.00. The van der Waals surface area contributed by atoms with Gasteiger partial charge < -0.3 is 9.64 Å². The number of nitrogens with zero attached hydrogens (tertiary/aromatic N) is 1. The van der Waals surface area contributed by atoms with E-state index in [0.717, 1.165) is 0 Å². The highest BCUT2D eigenvalue weighted by Gasteiger charge is 2.20. The third kappa shape index (κ3) is 1.99. The van der Waals surface area contributed by atoms with Crippen LogP contribution in [-0.2, 0) is 4.74 Å². The topological polar surface area (TPSA) is 29.5 Å². The monoisotopic (exact) mass is 209 g/mol. The molecule has 1 aromatic carbocycles. The molecule has 1 aliphatic rings. The first-order valence-corrected chi connectivity index (χ1v) is 4.81. The van der Waals surface area contributed by atoms with Crippen LogP contribution in [0.3, 0.4) is 0 Å². The van der Waals surface area contributed by atoms with Crippen LogP contribution < -0.4 is 0 Å². The molecule has 0 N–H and O–H groups in total. The van der Waals surface area contributed by atoms with Crippen LogP contribution >= 0.6 is 0 Å². The molecule has 2 rings (SSSR count). The van der Waals surface area contributed by atoms with Crippen LogP contribution in [0.5, 0.6) is 0 Å². The van der Waals surface area contributed by atoms with Gasteiger partial charge in [0, 0.05) is 12.1 Å². The smallest absolute Gasteiger partial charge is 0.255 e. The highest BCUT2D eigenvalue weighted by atomic mass is 19.1. The summed E-state index contributed by atoms with van der Waals surface area (Å²) in [7, 11) is 0. The molecule has 80 valence electrons. The second kappa shape index (κ2) is 3.98. The van der Waals surface area contributed by atoms with Crippen molar-refractivity contribution in [2.75, 3.05) is 19.9 Å². The van der Waals surface area contributed by atoms with Crippen LogP contribution in [0.15, 0.2) is 18.2 Å². The van der Waals surface area contributed by atoms with Gasteiger partial charge in [0.05, 0.1) is 6.61 Å². The minimum Gasteiger partial charge on any atom is -0.359 e. The van der Waals surface area contributed by atoms with Crippen molar-refractivity contribution in [2.45, 2.75) is 6.92 Å². The fourth-order valence-electron chi connectivity index (χ4n) is 1.53. The first-order chi connectivity index (χ1) is 7.18. The summed E-state index contributed by atoms with van der Waals surface area (Å²) in [4.78, 5) is 13.4. The Balaban J connectivity index is 2.21. The van der Waals surface area contributed by atoms with E-state index in [1.807, 2.05) is 0 Å². The third-order valence-corrected chi connectivity index (χ3v) is 2.44. The zero-order chi connectivity index (χ0) is 10.8. The number of rotatable bonds is 1. The molecule has 0 bridgehead atoms. The molecule has 0 radical (unpaired) electrons. The van der Waals surface area contributed by atoms with E-state index >= 15 is 0 Å². The van der Waals surface area contributed by atoms with Gasteiger partial charge in [0.15, 0.2) is 0 Å². The minimum atomic E-state index is -0.288. The van der Waals surface area contributed by atoms with Crippen LogP contribution in [0.2, 0.25) is 0 Å². The second-order valence-electron chi connectivity index (χ2n) is 3.57. The zero-order valence-electron chi connectivity index (χ0n) is 8.50. The quantitative estimate of drug-likeness (QED) is 0.702. The molecule has 0 spiro atoms. The van der Waals surface area contributed by atoms with Crippen molar-refractivity contribution in [3.05, 3.63) is 35.1 Å². The average molecular weight is 209 g/mol. The van der Waals surface area contributed by atoms with Gasteiger partial charge in [0.2, 0.25) is 0 Å². The van der Waals surface area contributed by atoms with Gasteiger partial charge in [-0.3, -0.25) is 4.79 Å². The van der Waals surface area contributed by atoms with Crippen LogP contribution in [0, 0.1) is 12.7 Å². The summed E-state index contributed by atoms with van der Waals surface area (Å²) < 4.78 is 18.1. The molecule has 1 aliphatic heterocycles. The van der Waals surface area contributed by atoms with Crippen LogP contribution in [0.25, 0.3) is 0 Å². The molecule has 0 aromatic heterocycles. The van der Waals surface area contributed by atoms with Crippen molar-refractivity contribution in [1.29, 1.82) is 0 Å². The van der Waals surface area contributed by atoms with Crippen molar-refractivity contribution in [3.63, 3.8) is 0 Å². The van der Waals surface area contributed by atoms with Gasteiger partial charge in [0.1, 0.15) is 12.5 Å². The predicted molar refractivity (Wildman–Crippen MR) is 53.0 cm³/mol. The Bertz CT molecular complexity index is 386. The summed E-state index contributed by atoms with van der Waals surface area (Å²) in [6.07, 6.45) is 0. The van der Waals surface area contributed by atoms with Gasteiger partial charge in [0.25, 0.3) is 5.91 Å². The van der Waals surface area contributed by atoms with Crippen molar-refractivity contribution in [3.8, 4) is 0 Å². The number of carbonyl (C=O) groups is 1. The van der Waals surface area contributed by atoms with E-state index in [4.69, 9.17) is 4.74 Å². The lowest BCUT2D eigenvalue weighted by Gasteiger charge is -2.13. The molecule has 0 aliphatic carbocycles. The van der Waals surface area contributed by atoms with Crippen LogP contribution in [0.1, 0.15) is 15.9 Å². The molecule has 1 saturated heterocycles. The lowest BCUT2D eigenvalue weighted by Crippen LogP contribution is -2.28. The van der Waals surface area contributed by atoms with Crippen molar-refractivity contribution < 1.29 is 13.9 Å². The van der Waals surface area contributed by atoms with E-state index in [2.05, 4.69) is 0 Å². The van der Waals surface area contributed by atoms with Gasteiger partial charge in [-0.1, -0.05) is 0 Å². The van der Waals surface area contributed by atoms with E-state index < -0.39 is 0 Å². The second-order valence-corrected chi connectivity index (χ2v) is 3.57. The zero-order valence-corrected chi connectivity index (χ0v) is 8.50. The van der Waals surface area contributed by atoms with E-state index in [1.165, 1.54) is 12.1 Å². The van der Waals surface area contributed by atoms with Gasteiger partial charge >= 0.3 is 0 Å². The number of hydrogen-bond acceptors (Lipinski definition) is 2. The maximum absolute atomic E-state index is 13.0. The van der Waals surface area contributed by atoms with Gasteiger partial charge in [-0.15, -0.1) is 0 Å². The van der Waals surface area contributed by atoms with E-state index in [0.29, 0.717) is 31.0 Å². The molecule has 1 heterocycles. The molecule has 0 unspecified atom stereocenters. The molecule has 1 amide bonds. The number of benzene rings is 1. The predicted octanol–water partition coefficient (Wildman–Crippen LogP) is 1.56. The molecule has 1 aromatic rings. The molecule has 0 saturated carbocycles. The van der Waals surface area contributed by atoms with Crippen LogP contribution in [-0.4, -0.2) is 30.7 Å². The Morgan fingerprint density at radius 2 is 2.33 bits per heavy atom. The fraction of sp³-hybridized carbons (Fsp3) is 0.364. The molecular formula is C11H12FNO2. The Morgan fingerprint density at radius 1 is 1.53 bits per heavy atom. The number of aryl methyl sites for hydroxylation is 1. The lowest BCUT2D eigenvalue weighted by atomic mass is 10.1. The normalized spacial score (nSPS) is 15.7. The van der Waals surface area contributed by atoms with Gasteiger partial charge in [-0.25, -0.2) is 4.39 Å². The highest BCUT2D eigenvalue weighted by Crippen LogP contribution is 2.13. The Morgan fingerprint density at radius 3 is 2.93 bits per heavy atom. The average Bonchev–Trinajstić information content (AvgIpc) is 2.74. The molecule has 1 fully saturated rings. The molecule has 15 heavy (non-hydrogen) atoms. The van der Waals surface area contributed by atoms with E-state index in [9.17, 15) is 9.18 Å². The largest absolute Gasteiger partial charge is 0.359 e. The third-order valence-electron chi connectivity index (χ3n) is 2.44. The maximum atomic E-state index is 13.0. The fourth-order valence-corrected chi connectivity index (χ4v) is 1.53. The minimum absolute atomic E-state index is 0.101. The number of carbonyl (C=O) groups excluding carboxylic acids is 1. The number of hydrogen-bond donors (Lipinski definition) is 0. The first kappa shape index (κ1) is 10.1. The number of ether oxygens (including phenoxy) is 1. The van der Waals surface area contributed by atoms with Gasteiger partial charge in [-0.2, -0.15) is 0 Å². The van der Waals surface area contributed by atoms with Crippen molar-refractivity contribution in [2.24, 2.45) is 0 Å².